The second-order valence-corrected chi connectivity index (χ2v) is 6.86. The van der Waals surface area contributed by atoms with Crippen molar-refractivity contribution in [2.75, 3.05) is 19.5 Å². The highest BCUT2D eigenvalue weighted by atomic mass is 35.5. The SMILES string of the molecule is COc1ccc(NC(=O)c2ccc(OC)c(COc3ccccc3Cl)c2)cc1Cl. The standard InChI is InChI=1S/C22H19Cl2NO4/c1-27-19-9-7-14(11-15(19)13-29-21-6-4-3-5-17(21)23)22(26)25-16-8-10-20(28-2)18(24)12-16/h3-12H,13H2,1-2H3,(H,25,26). The van der Waals surface area contributed by atoms with Crippen molar-refractivity contribution >= 4 is 34.8 Å². The molecular formula is C22H19Cl2NO4. The topological polar surface area (TPSA) is 56.8 Å². The van der Waals surface area contributed by atoms with E-state index in [9.17, 15) is 4.79 Å². The average Bonchev–Trinajstić information content (AvgIpc) is 2.73. The summed E-state index contributed by atoms with van der Waals surface area (Å²) >= 11 is 12.2. The summed E-state index contributed by atoms with van der Waals surface area (Å²) < 4.78 is 16.3. The van der Waals surface area contributed by atoms with E-state index in [0.29, 0.717) is 44.1 Å². The van der Waals surface area contributed by atoms with Gasteiger partial charge >= 0.3 is 0 Å². The summed E-state index contributed by atoms with van der Waals surface area (Å²) in [7, 11) is 3.09. The molecule has 0 aliphatic heterocycles. The Morgan fingerprint density at radius 2 is 1.59 bits per heavy atom. The van der Waals surface area contributed by atoms with E-state index in [4.69, 9.17) is 37.4 Å². The van der Waals surface area contributed by atoms with Crippen LogP contribution in [0.3, 0.4) is 0 Å². The maximum Gasteiger partial charge on any atom is 0.255 e. The van der Waals surface area contributed by atoms with Crippen molar-refractivity contribution in [1.82, 2.24) is 0 Å². The molecular weight excluding hydrogens is 413 g/mol. The summed E-state index contributed by atoms with van der Waals surface area (Å²) in [4.78, 5) is 12.7. The summed E-state index contributed by atoms with van der Waals surface area (Å²) in [5, 5.41) is 3.74. The third kappa shape index (κ3) is 5.13. The number of hydrogen-bond donors (Lipinski definition) is 1. The molecule has 7 heteroatoms. The van der Waals surface area contributed by atoms with Crippen molar-refractivity contribution in [3.63, 3.8) is 0 Å². The van der Waals surface area contributed by atoms with Crippen molar-refractivity contribution in [3.05, 3.63) is 81.8 Å². The number of carbonyl (C=O) groups is 1. The van der Waals surface area contributed by atoms with E-state index in [1.807, 2.05) is 12.1 Å². The second-order valence-electron chi connectivity index (χ2n) is 6.05. The molecule has 5 nitrogen and oxygen atoms in total. The van der Waals surface area contributed by atoms with Crippen LogP contribution in [-0.4, -0.2) is 20.1 Å². The average molecular weight is 432 g/mol. The Bertz CT molecular complexity index is 1020. The van der Waals surface area contributed by atoms with Crippen molar-refractivity contribution in [3.8, 4) is 17.2 Å². The number of para-hydroxylation sites is 1. The molecule has 0 unspecified atom stereocenters. The number of benzene rings is 3. The van der Waals surface area contributed by atoms with Crippen molar-refractivity contribution < 1.29 is 19.0 Å². The van der Waals surface area contributed by atoms with E-state index >= 15 is 0 Å². The Kier molecular flexibility index (Phi) is 6.86. The number of hydrogen-bond acceptors (Lipinski definition) is 4. The predicted octanol–water partition coefficient (Wildman–Crippen LogP) is 5.84. The summed E-state index contributed by atoms with van der Waals surface area (Å²) in [6, 6.07) is 17.3. The van der Waals surface area contributed by atoms with Gasteiger partial charge in [0.05, 0.1) is 24.3 Å². The first-order valence-corrected chi connectivity index (χ1v) is 9.46. The van der Waals surface area contributed by atoms with Crippen LogP contribution >= 0.6 is 23.2 Å². The van der Waals surface area contributed by atoms with Gasteiger partial charge in [-0.15, -0.1) is 0 Å². The Hall–Kier alpha value is -2.89. The molecule has 3 aromatic rings. The van der Waals surface area contributed by atoms with E-state index in [-0.39, 0.29) is 12.5 Å². The van der Waals surface area contributed by atoms with E-state index in [0.717, 1.165) is 0 Å². The zero-order chi connectivity index (χ0) is 20.8. The molecule has 0 atom stereocenters. The van der Waals surface area contributed by atoms with Crippen molar-refractivity contribution in [1.29, 1.82) is 0 Å². The van der Waals surface area contributed by atoms with Crippen LogP contribution in [0, 0.1) is 0 Å². The van der Waals surface area contributed by atoms with Crippen molar-refractivity contribution in [2.45, 2.75) is 6.61 Å². The van der Waals surface area contributed by atoms with Crippen molar-refractivity contribution in [2.24, 2.45) is 0 Å². The molecule has 0 saturated heterocycles. The molecule has 150 valence electrons. The van der Waals surface area contributed by atoms with E-state index in [1.54, 1.807) is 55.6 Å². The van der Waals surface area contributed by atoms with Gasteiger partial charge in [0.2, 0.25) is 0 Å². The molecule has 0 bridgehead atoms. The fourth-order valence-electron chi connectivity index (χ4n) is 2.70. The molecule has 0 aromatic heterocycles. The molecule has 0 fully saturated rings. The van der Waals surface area contributed by atoms with Gasteiger partial charge in [-0.3, -0.25) is 4.79 Å². The molecule has 0 saturated carbocycles. The van der Waals surface area contributed by atoms with Gasteiger partial charge in [0.15, 0.2) is 0 Å². The summed E-state index contributed by atoms with van der Waals surface area (Å²) in [5.41, 5.74) is 1.73. The van der Waals surface area contributed by atoms with Gasteiger partial charge in [-0.05, 0) is 48.5 Å². The van der Waals surface area contributed by atoms with Gasteiger partial charge in [-0.25, -0.2) is 0 Å². The van der Waals surface area contributed by atoms with Crippen LogP contribution in [0.1, 0.15) is 15.9 Å². The minimum Gasteiger partial charge on any atom is -0.496 e. The second kappa shape index (κ2) is 9.54. The van der Waals surface area contributed by atoms with E-state index < -0.39 is 0 Å². The molecule has 0 spiro atoms. The zero-order valence-corrected chi connectivity index (χ0v) is 17.4. The van der Waals surface area contributed by atoms with Gasteiger partial charge in [0.1, 0.15) is 23.9 Å². The van der Waals surface area contributed by atoms with Crippen LogP contribution in [-0.2, 0) is 6.61 Å². The van der Waals surface area contributed by atoms with Crippen LogP contribution < -0.4 is 19.5 Å². The first kappa shape index (κ1) is 20.8. The Labute approximate surface area is 179 Å². The summed E-state index contributed by atoms with van der Waals surface area (Å²) in [6.45, 7) is 0.197. The first-order chi connectivity index (χ1) is 14.0. The smallest absolute Gasteiger partial charge is 0.255 e. The summed E-state index contributed by atoms with van der Waals surface area (Å²) in [5.74, 6) is 1.42. The lowest BCUT2D eigenvalue weighted by Crippen LogP contribution is -2.13. The van der Waals surface area contributed by atoms with E-state index in [2.05, 4.69) is 5.32 Å². The Balaban J connectivity index is 1.77. The quantitative estimate of drug-likeness (QED) is 0.510. The minimum atomic E-state index is -0.284. The number of anilines is 1. The first-order valence-electron chi connectivity index (χ1n) is 8.71. The molecule has 29 heavy (non-hydrogen) atoms. The number of amides is 1. The van der Waals surface area contributed by atoms with Gasteiger partial charge in [0.25, 0.3) is 5.91 Å². The van der Waals surface area contributed by atoms with Crippen LogP contribution in [0.5, 0.6) is 17.2 Å². The highest BCUT2D eigenvalue weighted by molar-refractivity contribution is 6.32. The van der Waals surface area contributed by atoms with Crippen LogP contribution in [0.25, 0.3) is 0 Å². The molecule has 1 amide bonds. The lowest BCUT2D eigenvalue weighted by Gasteiger charge is -2.13. The van der Waals surface area contributed by atoms with E-state index in [1.165, 1.54) is 7.11 Å². The summed E-state index contributed by atoms with van der Waals surface area (Å²) in [6.07, 6.45) is 0. The maximum absolute atomic E-state index is 12.7. The molecule has 3 aromatic carbocycles. The number of carbonyl (C=O) groups excluding carboxylic acids is 1. The monoisotopic (exact) mass is 431 g/mol. The number of rotatable bonds is 7. The molecule has 0 aliphatic carbocycles. The Morgan fingerprint density at radius 1 is 0.862 bits per heavy atom. The Morgan fingerprint density at radius 3 is 2.28 bits per heavy atom. The molecule has 0 heterocycles. The van der Waals surface area contributed by atoms with Gasteiger partial charge in [-0.1, -0.05) is 35.3 Å². The predicted molar refractivity (Wildman–Crippen MR) is 115 cm³/mol. The fraction of sp³-hybridized carbons (Fsp3) is 0.136. The largest absolute Gasteiger partial charge is 0.496 e. The highest BCUT2D eigenvalue weighted by Gasteiger charge is 2.13. The molecule has 0 radical (unpaired) electrons. The van der Waals surface area contributed by atoms with Gasteiger partial charge in [0, 0.05) is 16.8 Å². The van der Waals surface area contributed by atoms with Gasteiger partial charge < -0.3 is 19.5 Å². The zero-order valence-electron chi connectivity index (χ0n) is 15.9. The normalized spacial score (nSPS) is 10.3. The maximum atomic E-state index is 12.7. The van der Waals surface area contributed by atoms with Gasteiger partial charge in [-0.2, -0.15) is 0 Å². The fourth-order valence-corrected chi connectivity index (χ4v) is 3.15. The van der Waals surface area contributed by atoms with Crippen LogP contribution in [0.4, 0.5) is 5.69 Å². The molecule has 3 rings (SSSR count). The van der Waals surface area contributed by atoms with Crippen LogP contribution in [0.2, 0.25) is 10.0 Å². The number of halogens is 2. The van der Waals surface area contributed by atoms with Crippen LogP contribution in [0.15, 0.2) is 60.7 Å². The number of methoxy groups -OCH3 is 2. The molecule has 1 N–H and O–H groups in total. The third-order valence-electron chi connectivity index (χ3n) is 4.17. The number of nitrogens with one attached hydrogen (secondary N) is 1. The lowest BCUT2D eigenvalue weighted by atomic mass is 10.1. The number of ether oxygens (including phenoxy) is 3. The third-order valence-corrected chi connectivity index (χ3v) is 4.78. The lowest BCUT2D eigenvalue weighted by molar-refractivity contribution is 0.102. The minimum absolute atomic E-state index is 0.197. The molecule has 0 aliphatic rings. The highest BCUT2D eigenvalue weighted by Crippen LogP contribution is 2.29.